The van der Waals surface area contributed by atoms with E-state index < -0.39 is 10.0 Å². The lowest BCUT2D eigenvalue weighted by molar-refractivity contribution is -0.120. The number of sulfonamides is 1. The summed E-state index contributed by atoms with van der Waals surface area (Å²) in [6.45, 7) is 2.65. The van der Waals surface area contributed by atoms with Gasteiger partial charge in [-0.05, 0) is 43.0 Å². The topological polar surface area (TPSA) is 75.7 Å². The molecule has 6 nitrogen and oxygen atoms in total. The summed E-state index contributed by atoms with van der Waals surface area (Å²) in [5, 5.41) is 2.90. The molecule has 0 aliphatic carbocycles. The number of aryl methyl sites for hydroxylation is 1. The maximum absolute atomic E-state index is 12.8. The minimum Gasteiger partial charge on any atom is -0.497 e. The summed E-state index contributed by atoms with van der Waals surface area (Å²) in [6, 6.07) is 14.7. The molecule has 1 amide bonds. The third-order valence-electron chi connectivity index (χ3n) is 5.15. The van der Waals surface area contributed by atoms with Crippen molar-refractivity contribution in [2.24, 2.45) is 5.92 Å². The van der Waals surface area contributed by atoms with Gasteiger partial charge in [0.25, 0.3) is 0 Å². The van der Waals surface area contributed by atoms with Crippen LogP contribution in [0.5, 0.6) is 5.75 Å². The summed E-state index contributed by atoms with van der Waals surface area (Å²) >= 11 is 0. The molecule has 0 bridgehead atoms. The molecule has 2 aromatic carbocycles. The van der Waals surface area contributed by atoms with Crippen molar-refractivity contribution in [2.45, 2.75) is 25.5 Å². The summed E-state index contributed by atoms with van der Waals surface area (Å²) in [4.78, 5) is 12.5. The molecule has 2 aromatic rings. The largest absolute Gasteiger partial charge is 0.497 e. The molecule has 0 aromatic heterocycles. The number of methoxy groups -OCH3 is 1. The van der Waals surface area contributed by atoms with Crippen LogP contribution in [0.2, 0.25) is 0 Å². The van der Waals surface area contributed by atoms with E-state index in [1.54, 1.807) is 13.2 Å². The molecule has 150 valence electrons. The number of nitrogens with zero attached hydrogens (tertiary/aromatic N) is 1. The second-order valence-corrected chi connectivity index (χ2v) is 9.05. The van der Waals surface area contributed by atoms with Gasteiger partial charge in [0.2, 0.25) is 15.9 Å². The highest BCUT2D eigenvalue weighted by Gasteiger charge is 2.31. The maximum Gasteiger partial charge on any atom is 0.227 e. The average molecular weight is 403 g/mol. The van der Waals surface area contributed by atoms with E-state index in [1.165, 1.54) is 4.31 Å². The monoisotopic (exact) mass is 402 g/mol. The first-order valence-electron chi connectivity index (χ1n) is 9.36. The second-order valence-electron chi connectivity index (χ2n) is 7.08. The molecule has 1 fully saturated rings. The van der Waals surface area contributed by atoms with Crippen LogP contribution >= 0.6 is 0 Å². The quantitative estimate of drug-likeness (QED) is 0.805. The molecule has 1 heterocycles. The zero-order valence-corrected chi connectivity index (χ0v) is 17.0. The smallest absolute Gasteiger partial charge is 0.227 e. The molecular formula is C21H26N2O4S. The summed E-state index contributed by atoms with van der Waals surface area (Å²) in [5.74, 6) is 0.399. The molecule has 28 heavy (non-hydrogen) atoms. The number of amides is 1. The van der Waals surface area contributed by atoms with E-state index in [-0.39, 0.29) is 17.6 Å². The first kappa shape index (κ1) is 20.4. The van der Waals surface area contributed by atoms with Crippen LogP contribution in [0.15, 0.2) is 48.5 Å². The summed E-state index contributed by atoms with van der Waals surface area (Å²) in [7, 11) is -1.81. The highest BCUT2D eigenvalue weighted by molar-refractivity contribution is 7.88. The van der Waals surface area contributed by atoms with Gasteiger partial charge in [0.05, 0.1) is 12.9 Å². The van der Waals surface area contributed by atoms with Crippen molar-refractivity contribution < 1.29 is 17.9 Å². The van der Waals surface area contributed by atoms with Gasteiger partial charge in [-0.25, -0.2) is 12.7 Å². The Labute approximate surface area is 166 Å². The van der Waals surface area contributed by atoms with Crippen LogP contribution in [0, 0.1) is 12.8 Å². The molecule has 0 unspecified atom stereocenters. The van der Waals surface area contributed by atoms with Crippen LogP contribution in [-0.2, 0) is 20.6 Å². The fourth-order valence-electron chi connectivity index (χ4n) is 3.40. The van der Waals surface area contributed by atoms with E-state index in [9.17, 15) is 13.2 Å². The molecule has 1 N–H and O–H groups in total. The van der Waals surface area contributed by atoms with Gasteiger partial charge < -0.3 is 10.1 Å². The number of anilines is 1. The lowest BCUT2D eigenvalue weighted by atomic mass is 9.97. The van der Waals surface area contributed by atoms with Gasteiger partial charge in [-0.1, -0.05) is 30.3 Å². The predicted molar refractivity (Wildman–Crippen MR) is 110 cm³/mol. The third-order valence-corrected chi connectivity index (χ3v) is 6.98. The number of hydrogen-bond donors (Lipinski definition) is 1. The van der Waals surface area contributed by atoms with Crippen LogP contribution in [0.3, 0.4) is 0 Å². The van der Waals surface area contributed by atoms with E-state index in [4.69, 9.17) is 4.74 Å². The van der Waals surface area contributed by atoms with E-state index in [1.807, 2.05) is 49.4 Å². The molecular weight excluding hydrogens is 376 g/mol. The fourth-order valence-corrected chi connectivity index (χ4v) is 5.07. The SMILES string of the molecule is COc1cccc(NC(=O)C2CCN(S(=O)(=O)Cc3ccccc3C)CC2)c1. The molecule has 1 aliphatic heterocycles. The Balaban J connectivity index is 1.57. The number of nitrogens with one attached hydrogen (secondary N) is 1. The van der Waals surface area contributed by atoms with Gasteiger partial charge >= 0.3 is 0 Å². The molecule has 0 radical (unpaired) electrons. The van der Waals surface area contributed by atoms with Crippen molar-refractivity contribution in [3.05, 3.63) is 59.7 Å². The molecule has 0 spiro atoms. The number of benzene rings is 2. The molecule has 0 saturated carbocycles. The fraction of sp³-hybridized carbons (Fsp3) is 0.381. The first-order chi connectivity index (χ1) is 13.4. The van der Waals surface area contributed by atoms with Crippen LogP contribution in [0.4, 0.5) is 5.69 Å². The normalized spacial score (nSPS) is 15.9. The van der Waals surface area contributed by atoms with Crippen molar-refractivity contribution >= 4 is 21.6 Å². The zero-order chi connectivity index (χ0) is 20.1. The minimum absolute atomic E-state index is 0.000344. The third kappa shape index (κ3) is 4.91. The Morgan fingerprint density at radius 3 is 2.54 bits per heavy atom. The van der Waals surface area contributed by atoms with Crippen LogP contribution in [0.1, 0.15) is 24.0 Å². The number of carbonyl (C=O) groups excluding carboxylic acids is 1. The zero-order valence-electron chi connectivity index (χ0n) is 16.2. The number of hydrogen-bond acceptors (Lipinski definition) is 4. The van der Waals surface area contributed by atoms with Crippen molar-refractivity contribution in [1.29, 1.82) is 0 Å². The number of carbonyl (C=O) groups is 1. The second kappa shape index (κ2) is 8.75. The van der Waals surface area contributed by atoms with E-state index in [2.05, 4.69) is 5.32 Å². The minimum atomic E-state index is -3.39. The number of rotatable bonds is 6. The van der Waals surface area contributed by atoms with E-state index in [0.29, 0.717) is 37.4 Å². The van der Waals surface area contributed by atoms with Gasteiger partial charge in [0.1, 0.15) is 5.75 Å². The average Bonchev–Trinajstić information content (AvgIpc) is 2.70. The van der Waals surface area contributed by atoms with Crippen molar-refractivity contribution in [2.75, 3.05) is 25.5 Å². The molecule has 1 saturated heterocycles. The van der Waals surface area contributed by atoms with Crippen molar-refractivity contribution in [3.8, 4) is 5.75 Å². The van der Waals surface area contributed by atoms with Gasteiger partial charge in [-0.3, -0.25) is 4.79 Å². The van der Waals surface area contributed by atoms with Crippen LogP contribution < -0.4 is 10.1 Å². The van der Waals surface area contributed by atoms with Gasteiger partial charge in [-0.2, -0.15) is 0 Å². The molecule has 7 heteroatoms. The van der Waals surface area contributed by atoms with Crippen molar-refractivity contribution in [3.63, 3.8) is 0 Å². The first-order valence-corrected chi connectivity index (χ1v) is 11.0. The highest BCUT2D eigenvalue weighted by atomic mass is 32.2. The standard InChI is InChI=1S/C21H26N2O4S/c1-16-6-3-4-7-18(16)15-28(25,26)23-12-10-17(11-13-23)21(24)22-19-8-5-9-20(14-19)27-2/h3-9,14,17H,10-13,15H2,1-2H3,(H,22,24). The van der Waals surface area contributed by atoms with Crippen LogP contribution in [0.25, 0.3) is 0 Å². The summed E-state index contributed by atoms with van der Waals surface area (Å²) in [6.07, 6.45) is 1.03. The highest BCUT2D eigenvalue weighted by Crippen LogP contribution is 2.24. The lowest BCUT2D eigenvalue weighted by Gasteiger charge is -2.30. The van der Waals surface area contributed by atoms with E-state index in [0.717, 1.165) is 11.1 Å². The summed E-state index contributed by atoms with van der Waals surface area (Å²) in [5.41, 5.74) is 2.47. The molecule has 1 aliphatic rings. The Morgan fingerprint density at radius 2 is 1.86 bits per heavy atom. The maximum atomic E-state index is 12.8. The lowest BCUT2D eigenvalue weighted by Crippen LogP contribution is -2.41. The Bertz CT molecular complexity index is 935. The van der Waals surface area contributed by atoms with Gasteiger partial charge in [0.15, 0.2) is 0 Å². The molecule has 0 atom stereocenters. The Kier molecular flexibility index (Phi) is 6.36. The summed E-state index contributed by atoms with van der Waals surface area (Å²) < 4.78 is 32.2. The number of ether oxygens (including phenoxy) is 1. The number of piperidine rings is 1. The van der Waals surface area contributed by atoms with Crippen molar-refractivity contribution in [1.82, 2.24) is 4.31 Å². The van der Waals surface area contributed by atoms with Gasteiger partial charge in [-0.15, -0.1) is 0 Å². The van der Waals surface area contributed by atoms with Gasteiger partial charge in [0, 0.05) is 30.8 Å². The van der Waals surface area contributed by atoms with Crippen LogP contribution in [-0.4, -0.2) is 38.8 Å². The Morgan fingerprint density at radius 1 is 1.14 bits per heavy atom. The Hall–Kier alpha value is -2.38. The molecule has 3 rings (SSSR count). The predicted octanol–water partition coefficient (Wildman–Crippen LogP) is 3.18. The van der Waals surface area contributed by atoms with E-state index >= 15 is 0 Å².